The molecule has 1 heterocycles. The predicted octanol–water partition coefficient (Wildman–Crippen LogP) is 6.40. The molecule has 0 unspecified atom stereocenters. The van der Waals surface area contributed by atoms with Gasteiger partial charge in [-0.25, -0.2) is 4.98 Å². The quantitative estimate of drug-likeness (QED) is 0.190. The third-order valence-electron chi connectivity index (χ3n) is 5.62. The highest BCUT2D eigenvalue weighted by Gasteiger charge is 2.19. The van der Waals surface area contributed by atoms with Crippen LogP contribution in [-0.4, -0.2) is 54.3 Å². The highest BCUT2D eigenvalue weighted by atomic mass is 35.5. The van der Waals surface area contributed by atoms with Crippen molar-refractivity contribution < 1.29 is 23.7 Å². The van der Waals surface area contributed by atoms with Crippen LogP contribution in [0.2, 0.25) is 5.02 Å². The maximum Gasteiger partial charge on any atom is 0.234 e. The second kappa shape index (κ2) is 13.9. The van der Waals surface area contributed by atoms with Crippen LogP contribution in [-0.2, 0) is 4.79 Å². The van der Waals surface area contributed by atoms with E-state index in [4.69, 9.17) is 35.5 Å². The fraction of sp³-hybridized carbons (Fsp3) is 0.241. The van der Waals surface area contributed by atoms with Crippen molar-refractivity contribution >= 4 is 35.0 Å². The van der Waals surface area contributed by atoms with E-state index in [1.54, 1.807) is 38.5 Å². The van der Waals surface area contributed by atoms with Gasteiger partial charge in [-0.3, -0.25) is 4.79 Å². The van der Waals surface area contributed by atoms with Crippen molar-refractivity contribution in [3.8, 4) is 45.5 Å². The van der Waals surface area contributed by atoms with E-state index in [0.29, 0.717) is 63.5 Å². The Hall–Kier alpha value is -4.02. The topological polar surface area (TPSA) is 105 Å². The van der Waals surface area contributed by atoms with E-state index in [1.807, 2.05) is 50.2 Å². The Kier molecular flexibility index (Phi) is 10.0. The van der Waals surface area contributed by atoms with Gasteiger partial charge in [0.1, 0.15) is 11.4 Å². The third-order valence-corrected chi connectivity index (χ3v) is 6.79. The molecule has 40 heavy (non-hydrogen) atoms. The summed E-state index contributed by atoms with van der Waals surface area (Å²) in [6.07, 6.45) is 0. The Morgan fingerprint density at radius 1 is 0.825 bits per heavy atom. The summed E-state index contributed by atoms with van der Waals surface area (Å²) in [6, 6.07) is 18.1. The van der Waals surface area contributed by atoms with Gasteiger partial charge >= 0.3 is 0 Å². The third kappa shape index (κ3) is 6.94. The van der Waals surface area contributed by atoms with Crippen LogP contribution in [0.4, 0.5) is 5.69 Å². The summed E-state index contributed by atoms with van der Waals surface area (Å²) < 4.78 is 22.5. The number of carbonyl (C=O) groups is 1. The molecule has 1 amide bonds. The lowest BCUT2D eigenvalue weighted by Crippen LogP contribution is -2.14. The molecular weight excluding hydrogens is 552 g/mol. The molecule has 0 bridgehead atoms. The Balaban J connectivity index is 1.69. The number of rotatable bonds is 12. The number of thioether (sulfide) groups is 1. The molecule has 0 aliphatic heterocycles. The highest BCUT2D eigenvalue weighted by Crippen LogP contribution is 2.38. The van der Waals surface area contributed by atoms with Gasteiger partial charge in [0.2, 0.25) is 11.1 Å². The van der Waals surface area contributed by atoms with Gasteiger partial charge in [-0.1, -0.05) is 35.5 Å². The van der Waals surface area contributed by atoms with Crippen molar-refractivity contribution in [2.45, 2.75) is 19.0 Å². The second-order valence-electron chi connectivity index (χ2n) is 8.21. The monoisotopic (exact) mass is 580 g/mol. The van der Waals surface area contributed by atoms with E-state index in [-0.39, 0.29) is 11.7 Å². The lowest BCUT2D eigenvalue weighted by Gasteiger charge is -2.14. The molecule has 3 aromatic carbocycles. The number of aromatic nitrogens is 3. The van der Waals surface area contributed by atoms with Gasteiger partial charge in [-0.15, -0.1) is 10.2 Å². The minimum atomic E-state index is -0.244. The number of benzene rings is 3. The lowest BCUT2D eigenvalue weighted by molar-refractivity contribution is -0.113. The predicted molar refractivity (Wildman–Crippen MR) is 157 cm³/mol. The van der Waals surface area contributed by atoms with Gasteiger partial charge in [0.05, 0.1) is 43.9 Å². The van der Waals surface area contributed by atoms with Crippen LogP contribution in [0.1, 0.15) is 13.8 Å². The second-order valence-corrected chi connectivity index (χ2v) is 9.56. The Morgan fingerprint density at radius 3 is 2.00 bits per heavy atom. The van der Waals surface area contributed by atoms with Crippen LogP contribution in [0.25, 0.3) is 22.5 Å². The van der Waals surface area contributed by atoms with E-state index >= 15 is 0 Å². The highest BCUT2D eigenvalue weighted by molar-refractivity contribution is 7.99. The first-order valence-electron chi connectivity index (χ1n) is 12.5. The van der Waals surface area contributed by atoms with Gasteiger partial charge in [0.15, 0.2) is 23.0 Å². The van der Waals surface area contributed by atoms with E-state index in [9.17, 15) is 4.79 Å². The molecule has 0 saturated carbocycles. The van der Waals surface area contributed by atoms with Crippen molar-refractivity contribution in [3.05, 3.63) is 65.7 Å². The molecule has 0 atom stereocenters. The molecule has 0 saturated heterocycles. The number of hydrogen-bond donors (Lipinski definition) is 1. The summed E-state index contributed by atoms with van der Waals surface area (Å²) in [5, 5.41) is 12.4. The number of anilines is 1. The minimum absolute atomic E-state index is 0.0646. The standard InChI is InChI=1S/C29H29ClN4O5S/c1-5-38-22-13-11-18(15-24(22)36-3)27-28(19-12-14-23(39-6-2)25(16-19)37-4)33-34-29(32-27)40-17-26(35)31-21-10-8-7-9-20(21)30/h7-16H,5-6,17H2,1-4H3,(H,31,35). The first kappa shape index (κ1) is 29.0. The number of methoxy groups -OCH3 is 2. The van der Waals surface area contributed by atoms with Crippen molar-refractivity contribution in [1.82, 2.24) is 15.2 Å². The summed E-state index contributed by atoms with van der Waals surface area (Å²) in [4.78, 5) is 17.4. The van der Waals surface area contributed by atoms with Crippen LogP contribution < -0.4 is 24.3 Å². The molecule has 1 aromatic heterocycles. The molecule has 0 aliphatic rings. The van der Waals surface area contributed by atoms with Gasteiger partial charge in [-0.05, 0) is 62.4 Å². The zero-order valence-corrected chi connectivity index (χ0v) is 24.1. The number of hydrogen-bond acceptors (Lipinski definition) is 9. The normalized spacial score (nSPS) is 10.6. The molecule has 9 nitrogen and oxygen atoms in total. The number of amides is 1. The molecule has 208 valence electrons. The van der Waals surface area contributed by atoms with Gasteiger partial charge in [0, 0.05) is 11.1 Å². The molecule has 0 aliphatic carbocycles. The molecule has 0 radical (unpaired) electrons. The van der Waals surface area contributed by atoms with Crippen molar-refractivity contribution in [2.24, 2.45) is 0 Å². The van der Waals surface area contributed by atoms with Crippen LogP contribution >= 0.6 is 23.4 Å². The van der Waals surface area contributed by atoms with Crippen LogP contribution in [0.3, 0.4) is 0 Å². The Bertz CT molecular complexity index is 1490. The van der Waals surface area contributed by atoms with Gasteiger partial charge in [0.25, 0.3) is 0 Å². The maximum atomic E-state index is 12.6. The summed E-state index contributed by atoms with van der Waals surface area (Å²) >= 11 is 7.33. The van der Waals surface area contributed by atoms with Crippen LogP contribution in [0.5, 0.6) is 23.0 Å². The van der Waals surface area contributed by atoms with Gasteiger partial charge < -0.3 is 24.3 Å². The largest absolute Gasteiger partial charge is 0.493 e. The first-order valence-corrected chi connectivity index (χ1v) is 13.9. The number of nitrogens with one attached hydrogen (secondary N) is 1. The average molecular weight is 581 g/mol. The zero-order valence-electron chi connectivity index (χ0n) is 22.6. The number of nitrogens with zero attached hydrogens (tertiary/aromatic N) is 3. The van der Waals surface area contributed by atoms with E-state index in [1.165, 1.54) is 0 Å². The van der Waals surface area contributed by atoms with Crippen molar-refractivity contribution in [1.29, 1.82) is 0 Å². The Labute approximate surface area is 242 Å². The summed E-state index contributed by atoms with van der Waals surface area (Å²) in [6.45, 7) is 4.82. The summed E-state index contributed by atoms with van der Waals surface area (Å²) in [7, 11) is 3.16. The lowest BCUT2D eigenvalue weighted by atomic mass is 10.0. The Morgan fingerprint density at radius 2 is 1.43 bits per heavy atom. The first-order chi connectivity index (χ1) is 19.5. The maximum absolute atomic E-state index is 12.6. The van der Waals surface area contributed by atoms with E-state index < -0.39 is 0 Å². The summed E-state index contributed by atoms with van der Waals surface area (Å²) in [5.74, 6) is 2.18. The number of ether oxygens (including phenoxy) is 4. The molecule has 1 N–H and O–H groups in total. The number of halogens is 1. The zero-order chi connectivity index (χ0) is 28.5. The fourth-order valence-corrected chi connectivity index (χ4v) is 4.60. The molecule has 4 rings (SSSR count). The molecular formula is C29H29ClN4O5S. The van der Waals surface area contributed by atoms with E-state index in [0.717, 1.165) is 22.9 Å². The van der Waals surface area contributed by atoms with Crippen LogP contribution in [0, 0.1) is 0 Å². The average Bonchev–Trinajstić information content (AvgIpc) is 2.98. The molecule has 0 spiro atoms. The number of para-hydroxylation sites is 1. The fourth-order valence-electron chi connectivity index (χ4n) is 3.83. The van der Waals surface area contributed by atoms with Crippen molar-refractivity contribution in [3.63, 3.8) is 0 Å². The molecule has 11 heteroatoms. The van der Waals surface area contributed by atoms with Gasteiger partial charge in [-0.2, -0.15) is 0 Å². The molecule has 0 fully saturated rings. The smallest absolute Gasteiger partial charge is 0.234 e. The summed E-state index contributed by atoms with van der Waals surface area (Å²) in [5.41, 5.74) is 3.08. The SMILES string of the molecule is CCOc1ccc(-c2nnc(SCC(=O)Nc3ccccc3Cl)nc2-c2ccc(OCC)c(OC)c2)cc1OC. The minimum Gasteiger partial charge on any atom is -0.493 e. The number of carbonyl (C=O) groups excluding carboxylic acids is 1. The van der Waals surface area contributed by atoms with Crippen LogP contribution in [0.15, 0.2) is 65.8 Å². The van der Waals surface area contributed by atoms with E-state index in [2.05, 4.69) is 15.5 Å². The molecule has 4 aromatic rings. The van der Waals surface area contributed by atoms with Crippen molar-refractivity contribution in [2.75, 3.05) is 38.5 Å².